The van der Waals surface area contributed by atoms with E-state index in [0.29, 0.717) is 0 Å². The molecule has 1 aliphatic heterocycles. The summed E-state index contributed by atoms with van der Waals surface area (Å²) in [6, 6.07) is 1.75. The van der Waals surface area contributed by atoms with Crippen molar-refractivity contribution in [2.24, 2.45) is 0 Å². The van der Waals surface area contributed by atoms with Gasteiger partial charge < -0.3 is 40.1 Å². The van der Waals surface area contributed by atoms with E-state index in [9.17, 15) is 30.8 Å². The van der Waals surface area contributed by atoms with Gasteiger partial charge in [-0.1, -0.05) is 0 Å². The van der Waals surface area contributed by atoms with Gasteiger partial charge in [0, 0.05) is 0 Å². The zero-order valence-corrected chi connectivity index (χ0v) is 11.1. The fourth-order valence-electron chi connectivity index (χ4n) is 2.63. The molecule has 1 aliphatic carbocycles. The summed E-state index contributed by atoms with van der Waals surface area (Å²) < 4.78 is 10.4. The molecular weight excluding hydrogens is 286 g/mol. The first-order valence-electron chi connectivity index (χ1n) is 6.62. The van der Waals surface area contributed by atoms with E-state index in [1.807, 2.05) is 0 Å². The maximum absolute atomic E-state index is 9.87. The molecule has 8 atom stereocenters. The molecule has 2 fully saturated rings. The molecule has 0 amide bonds. The molecule has 9 nitrogen and oxygen atoms in total. The summed E-state index contributed by atoms with van der Waals surface area (Å²) in [5.74, 6) is 0. The molecule has 1 saturated carbocycles. The number of rotatable bonds is 3. The molecule has 0 bridgehead atoms. The molecule has 9 heteroatoms. The minimum Gasteiger partial charge on any atom is -0.394 e. The Morgan fingerprint density at radius 2 is 1.81 bits per heavy atom. The van der Waals surface area contributed by atoms with Gasteiger partial charge in [0.2, 0.25) is 0 Å². The molecule has 0 aromatic carbocycles. The van der Waals surface area contributed by atoms with Gasteiger partial charge in [0.15, 0.2) is 11.9 Å². The van der Waals surface area contributed by atoms with Crippen molar-refractivity contribution in [3.63, 3.8) is 0 Å². The summed E-state index contributed by atoms with van der Waals surface area (Å²) in [6.07, 6.45) is -10.0. The predicted octanol–water partition coefficient (Wildman–Crippen LogP) is -3.42. The standard InChI is InChI=1S/C12H19NO8/c13-4-12(2-1-5(15)10(12)19)21-11-9(18)8(17)7(16)6(3-14)20-11/h5-11,14-19H,1-3H2/t5-,6+,7-,8-,9+,10-,11+,12+/m0/s1. The Morgan fingerprint density at radius 1 is 1.14 bits per heavy atom. The zero-order chi connectivity index (χ0) is 15.8. The average Bonchev–Trinajstić information content (AvgIpc) is 2.77. The molecule has 6 N–H and O–H groups in total. The topological polar surface area (TPSA) is 164 Å². The van der Waals surface area contributed by atoms with E-state index >= 15 is 0 Å². The van der Waals surface area contributed by atoms with Gasteiger partial charge >= 0.3 is 0 Å². The number of aliphatic hydroxyl groups is 6. The molecular formula is C12H19NO8. The number of nitrogens with zero attached hydrogens (tertiary/aromatic N) is 1. The van der Waals surface area contributed by atoms with Gasteiger partial charge in [0.05, 0.1) is 12.7 Å². The van der Waals surface area contributed by atoms with Crippen LogP contribution in [0.1, 0.15) is 12.8 Å². The van der Waals surface area contributed by atoms with E-state index in [1.165, 1.54) is 0 Å². The van der Waals surface area contributed by atoms with Gasteiger partial charge in [-0.3, -0.25) is 0 Å². The monoisotopic (exact) mass is 305 g/mol. The van der Waals surface area contributed by atoms with Crippen LogP contribution in [0, 0.1) is 11.3 Å². The highest BCUT2D eigenvalue weighted by molar-refractivity contribution is 5.14. The van der Waals surface area contributed by atoms with Crippen molar-refractivity contribution >= 4 is 0 Å². The first-order valence-corrected chi connectivity index (χ1v) is 6.62. The minimum absolute atomic E-state index is 0.0147. The number of ether oxygens (including phenoxy) is 2. The summed E-state index contributed by atoms with van der Waals surface area (Å²) in [5.41, 5.74) is -1.78. The second kappa shape index (κ2) is 6.12. The van der Waals surface area contributed by atoms with E-state index in [2.05, 4.69) is 0 Å². The van der Waals surface area contributed by atoms with Crippen molar-refractivity contribution in [1.82, 2.24) is 0 Å². The summed E-state index contributed by atoms with van der Waals surface area (Å²) in [6.45, 7) is -0.629. The van der Waals surface area contributed by atoms with E-state index in [-0.39, 0.29) is 12.8 Å². The van der Waals surface area contributed by atoms with Crippen LogP contribution in [-0.2, 0) is 9.47 Å². The van der Waals surface area contributed by atoms with Crippen LogP contribution in [0.3, 0.4) is 0 Å². The highest BCUT2D eigenvalue weighted by atomic mass is 16.7. The molecule has 21 heavy (non-hydrogen) atoms. The summed E-state index contributed by atoms with van der Waals surface area (Å²) in [7, 11) is 0. The van der Waals surface area contributed by atoms with Crippen LogP contribution in [0.25, 0.3) is 0 Å². The molecule has 1 saturated heterocycles. The van der Waals surface area contributed by atoms with Gasteiger partial charge in [0.1, 0.15) is 36.6 Å². The maximum Gasteiger partial charge on any atom is 0.188 e. The predicted molar refractivity (Wildman–Crippen MR) is 64.4 cm³/mol. The fourth-order valence-corrected chi connectivity index (χ4v) is 2.63. The SMILES string of the molecule is N#C[C@]1(O[C@H]2O[C@H](CO)[C@H](O)[C@H](O)[C@H]2O)CC[C@H](O)[C@@H]1O. The van der Waals surface area contributed by atoms with Crippen molar-refractivity contribution in [2.75, 3.05) is 6.61 Å². The quantitative estimate of drug-likeness (QED) is 0.311. The van der Waals surface area contributed by atoms with E-state index in [4.69, 9.17) is 14.6 Å². The molecule has 0 unspecified atom stereocenters. The maximum atomic E-state index is 9.87. The average molecular weight is 305 g/mol. The lowest BCUT2D eigenvalue weighted by Gasteiger charge is -2.42. The first-order chi connectivity index (χ1) is 9.86. The Kier molecular flexibility index (Phi) is 4.82. The van der Waals surface area contributed by atoms with Crippen LogP contribution >= 0.6 is 0 Å². The van der Waals surface area contributed by atoms with Crippen molar-refractivity contribution in [1.29, 1.82) is 5.26 Å². The smallest absolute Gasteiger partial charge is 0.188 e. The molecule has 0 spiro atoms. The largest absolute Gasteiger partial charge is 0.394 e. The first kappa shape index (κ1) is 16.5. The van der Waals surface area contributed by atoms with E-state index in [0.717, 1.165) is 0 Å². The highest BCUT2D eigenvalue weighted by Gasteiger charge is 2.54. The van der Waals surface area contributed by atoms with Crippen LogP contribution in [0.4, 0.5) is 0 Å². The van der Waals surface area contributed by atoms with E-state index < -0.39 is 55.1 Å². The second-order valence-electron chi connectivity index (χ2n) is 5.37. The van der Waals surface area contributed by atoms with Crippen molar-refractivity contribution in [2.45, 2.75) is 61.4 Å². The molecule has 1 heterocycles. The lowest BCUT2D eigenvalue weighted by molar-refractivity contribution is -0.326. The normalized spacial score (nSPS) is 50.8. The van der Waals surface area contributed by atoms with Gasteiger partial charge in [-0.2, -0.15) is 5.26 Å². The molecule has 2 aliphatic rings. The third-order valence-corrected chi connectivity index (χ3v) is 4.02. The van der Waals surface area contributed by atoms with Crippen LogP contribution < -0.4 is 0 Å². The molecule has 2 rings (SSSR count). The number of hydrogen-bond donors (Lipinski definition) is 6. The zero-order valence-electron chi connectivity index (χ0n) is 11.1. The fraction of sp³-hybridized carbons (Fsp3) is 0.917. The van der Waals surface area contributed by atoms with Crippen LogP contribution in [0.15, 0.2) is 0 Å². The lowest BCUT2D eigenvalue weighted by Crippen LogP contribution is -2.61. The third-order valence-electron chi connectivity index (χ3n) is 4.02. The van der Waals surface area contributed by atoms with Crippen molar-refractivity contribution < 1.29 is 40.1 Å². The Labute approximate surface area is 120 Å². The molecule has 120 valence electrons. The van der Waals surface area contributed by atoms with Crippen molar-refractivity contribution in [3.05, 3.63) is 0 Å². The van der Waals surface area contributed by atoms with E-state index in [1.54, 1.807) is 6.07 Å². The van der Waals surface area contributed by atoms with Gasteiger partial charge in [0.25, 0.3) is 0 Å². The Balaban J connectivity index is 2.16. The Bertz CT molecular complexity index is 413. The molecule has 0 radical (unpaired) electrons. The third kappa shape index (κ3) is 2.77. The van der Waals surface area contributed by atoms with Crippen molar-refractivity contribution in [3.8, 4) is 6.07 Å². The number of nitriles is 1. The molecule has 0 aromatic rings. The van der Waals surface area contributed by atoms with Crippen LogP contribution in [-0.4, -0.2) is 85.8 Å². The Hall–Kier alpha value is -0.830. The lowest BCUT2D eigenvalue weighted by atomic mass is 9.97. The summed E-state index contributed by atoms with van der Waals surface area (Å²) in [4.78, 5) is 0. The Morgan fingerprint density at radius 3 is 2.29 bits per heavy atom. The summed E-state index contributed by atoms with van der Waals surface area (Å²) >= 11 is 0. The minimum atomic E-state index is -1.78. The van der Waals surface area contributed by atoms with Crippen LogP contribution in [0.5, 0.6) is 0 Å². The number of hydrogen-bond acceptors (Lipinski definition) is 9. The second-order valence-corrected chi connectivity index (χ2v) is 5.37. The van der Waals surface area contributed by atoms with Gasteiger partial charge in [-0.25, -0.2) is 0 Å². The van der Waals surface area contributed by atoms with Crippen LogP contribution in [0.2, 0.25) is 0 Å². The van der Waals surface area contributed by atoms with Gasteiger partial charge in [-0.05, 0) is 12.8 Å². The van der Waals surface area contributed by atoms with Gasteiger partial charge in [-0.15, -0.1) is 0 Å². The number of aliphatic hydroxyl groups excluding tert-OH is 6. The highest BCUT2D eigenvalue weighted by Crippen LogP contribution is 2.36. The molecule has 0 aromatic heterocycles. The summed E-state index contributed by atoms with van der Waals surface area (Å²) in [5, 5.41) is 66.8.